The number of carbonyl (C=O) groups is 2. The zero-order valence-electron chi connectivity index (χ0n) is 15.4. The molecule has 1 aliphatic rings. The van der Waals surface area contributed by atoms with Gasteiger partial charge in [-0.05, 0) is 43.3 Å². The zero-order chi connectivity index (χ0) is 21.0. The lowest BCUT2D eigenvalue weighted by molar-refractivity contribution is -0.128. The molecule has 10 heteroatoms. The van der Waals surface area contributed by atoms with E-state index in [0.29, 0.717) is 5.69 Å². The molecule has 1 atom stereocenters. The third-order valence-electron chi connectivity index (χ3n) is 4.07. The van der Waals surface area contributed by atoms with E-state index in [1.165, 1.54) is 41.3 Å². The van der Waals surface area contributed by atoms with Crippen molar-refractivity contribution >= 4 is 44.5 Å². The van der Waals surface area contributed by atoms with E-state index >= 15 is 0 Å². The van der Waals surface area contributed by atoms with Crippen LogP contribution in [0.2, 0.25) is 0 Å². The summed E-state index contributed by atoms with van der Waals surface area (Å²) < 4.78 is 41.8. The van der Waals surface area contributed by atoms with Crippen LogP contribution >= 0.6 is 11.8 Å². The molecule has 29 heavy (non-hydrogen) atoms. The maximum absolute atomic E-state index is 13.0. The van der Waals surface area contributed by atoms with Crippen LogP contribution in [0.4, 0.5) is 10.1 Å². The minimum atomic E-state index is -3.98. The highest BCUT2D eigenvalue weighted by Gasteiger charge is 2.39. The summed E-state index contributed by atoms with van der Waals surface area (Å²) in [5.74, 6) is -1.25. The molecule has 1 heterocycles. The van der Waals surface area contributed by atoms with Crippen molar-refractivity contribution in [1.29, 1.82) is 0 Å². The number of amidine groups is 1. The third kappa shape index (κ3) is 5.01. The normalized spacial score (nSPS) is 18.3. The quantitative estimate of drug-likeness (QED) is 0.753. The van der Waals surface area contributed by atoms with E-state index in [1.807, 2.05) is 0 Å². The van der Waals surface area contributed by atoms with Gasteiger partial charge in [-0.15, -0.1) is 4.40 Å². The second kappa shape index (κ2) is 8.75. The summed E-state index contributed by atoms with van der Waals surface area (Å²) in [7, 11) is -3.98. The number of halogens is 1. The average molecular weight is 436 g/mol. The van der Waals surface area contributed by atoms with E-state index in [4.69, 9.17) is 0 Å². The van der Waals surface area contributed by atoms with Crippen molar-refractivity contribution in [3.63, 3.8) is 0 Å². The van der Waals surface area contributed by atoms with Crippen molar-refractivity contribution in [3.05, 3.63) is 60.4 Å². The first-order valence-electron chi connectivity index (χ1n) is 8.73. The van der Waals surface area contributed by atoms with Gasteiger partial charge in [-0.2, -0.15) is 8.42 Å². The Morgan fingerprint density at radius 3 is 2.45 bits per heavy atom. The van der Waals surface area contributed by atoms with Crippen LogP contribution in [-0.2, 0) is 19.6 Å². The number of nitrogens with one attached hydrogen (secondary N) is 1. The summed E-state index contributed by atoms with van der Waals surface area (Å²) in [6.07, 6.45) is -0.165. The van der Waals surface area contributed by atoms with Gasteiger partial charge < -0.3 is 5.32 Å². The monoisotopic (exact) mass is 435 g/mol. The Labute approximate surface area is 172 Å². The van der Waals surface area contributed by atoms with E-state index in [-0.39, 0.29) is 28.9 Å². The van der Waals surface area contributed by atoms with Crippen molar-refractivity contribution in [3.8, 4) is 0 Å². The topological polar surface area (TPSA) is 95.9 Å². The lowest BCUT2D eigenvalue weighted by Gasteiger charge is -2.13. The van der Waals surface area contributed by atoms with Crippen LogP contribution in [0.25, 0.3) is 0 Å². The van der Waals surface area contributed by atoms with E-state index in [0.717, 1.165) is 11.8 Å². The summed E-state index contributed by atoms with van der Waals surface area (Å²) in [5.41, 5.74) is 0.403. The van der Waals surface area contributed by atoms with Gasteiger partial charge in [-0.25, -0.2) is 4.39 Å². The maximum atomic E-state index is 13.0. The molecule has 152 valence electrons. The Bertz CT molecular complexity index is 1040. The Morgan fingerprint density at radius 2 is 1.83 bits per heavy atom. The first-order valence-corrected chi connectivity index (χ1v) is 11.1. The molecule has 1 saturated heterocycles. The van der Waals surface area contributed by atoms with E-state index in [9.17, 15) is 22.4 Å². The fourth-order valence-electron chi connectivity index (χ4n) is 2.66. The molecule has 1 fully saturated rings. The number of hydrogen-bond acceptors (Lipinski definition) is 5. The van der Waals surface area contributed by atoms with Gasteiger partial charge in [0.2, 0.25) is 11.8 Å². The summed E-state index contributed by atoms with van der Waals surface area (Å²) in [5, 5.41) is 1.84. The highest BCUT2D eigenvalue weighted by molar-refractivity contribution is 8.16. The molecule has 1 aliphatic heterocycles. The first kappa shape index (κ1) is 21.0. The highest BCUT2D eigenvalue weighted by Crippen LogP contribution is 2.31. The van der Waals surface area contributed by atoms with Crippen molar-refractivity contribution in [1.82, 2.24) is 4.90 Å². The van der Waals surface area contributed by atoms with Crippen molar-refractivity contribution in [2.24, 2.45) is 4.40 Å². The lowest BCUT2D eigenvalue weighted by Crippen LogP contribution is -2.33. The fraction of sp³-hybridized carbons (Fsp3) is 0.211. The second-order valence-electron chi connectivity index (χ2n) is 6.11. The number of anilines is 1. The predicted molar refractivity (Wildman–Crippen MR) is 109 cm³/mol. The Morgan fingerprint density at radius 1 is 1.17 bits per heavy atom. The molecule has 0 saturated carbocycles. The molecule has 2 aromatic rings. The van der Waals surface area contributed by atoms with E-state index in [1.54, 1.807) is 25.1 Å². The predicted octanol–water partition coefficient (Wildman–Crippen LogP) is 2.86. The molecule has 2 amide bonds. The molecule has 0 unspecified atom stereocenters. The highest BCUT2D eigenvalue weighted by atomic mass is 32.2. The summed E-state index contributed by atoms with van der Waals surface area (Å²) in [6.45, 7) is 1.93. The number of hydrogen-bond donors (Lipinski definition) is 1. The van der Waals surface area contributed by atoms with Gasteiger partial charge in [0.15, 0.2) is 5.17 Å². The average Bonchev–Trinajstić information content (AvgIpc) is 2.97. The van der Waals surface area contributed by atoms with Crippen LogP contribution in [0.1, 0.15) is 13.3 Å². The SMILES string of the molecule is CCN1C(=O)[C@H](CC(=O)Nc2ccc(F)cc2)SC1=NS(=O)(=O)c1ccccc1. The molecular formula is C19H18FN3O4S2. The van der Waals surface area contributed by atoms with E-state index in [2.05, 4.69) is 9.71 Å². The number of benzene rings is 2. The number of sulfonamides is 1. The fourth-order valence-corrected chi connectivity index (χ4v) is 5.10. The number of amides is 2. The Hall–Kier alpha value is -2.72. The third-order valence-corrected chi connectivity index (χ3v) is 6.65. The number of rotatable bonds is 6. The standard InChI is InChI=1S/C19H18FN3O4S2/c1-2-23-18(25)16(12-17(24)21-14-10-8-13(20)9-11-14)28-19(23)22-29(26,27)15-6-4-3-5-7-15/h3-11,16H,2,12H2,1H3,(H,21,24)/t16-/m0/s1. The number of thioether (sulfide) groups is 1. The smallest absolute Gasteiger partial charge is 0.284 e. The van der Waals surface area contributed by atoms with Crippen molar-refractivity contribution < 1.29 is 22.4 Å². The van der Waals surface area contributed by atoms with Gasteiger partial charge >= 0.3 is 0 Å². The molecule has 3 rings (SSSR count). The zero-order valence-corrected chi connectivity index (χ0v) is 17.0. The van der Waals surface area contributed by atoms with Gasteiger partial charge in [0.25, 0.3) is 10.0 Å². The largest absolute Gasteiger partial charge is 0.326 e. The molecule has 1 N–H and O–H groups in total. The van der Waals surface area contributed by atoms with Gasteiger partial charge in [0, 0.05) is 18.7 Å². The molecule has 7 nitrogen and oxygen atoms in total. The molecule has 0 bridgehead atoms. The van der Waals surface area contributed by atoms with Gasteiger partial charge in [-0.3, -0.25) is 14.5 Å². The molecule has 0 aromatic heterocycles. The maximum Gasteiger partial charge on any atom is 0.284 e. The van der Waals surface area contributed by atoms with Crippen molar-refractivity contribution in [2.75, 3.05) is 11.9 Å². The molecule has 0 radical (unpaired) electrons. The van der Waals surface area contributed by atoms with Gasteiger partial charge in [0.05, 0.1) is 4.90 Å². The first-order chi connectivity index (χ1) is 13.8. The van der Waals surface area contributed by atoms with Crippen LogP contribution in [0.15, 0.2) is 63.9 Å². The van der Waals surface area contributed by atoms with Gasteiger partial charge in [-0.1, -0.05) is 30.0 Å². The van der Waals surface area contributed by atoms with E-state index < -0.39 is 27.0 Å². The summed E-state index contributed by atoms with van der Waals surface area (Å²) in [6, 6.07) is 12.9. The summed E-state index contributed by atoms with van der Waals surface area (Å²) >= 11 is 0.941. The van der Waals surface area contributed by atoms with Crippen LogP contribution < -0.4 is 5.32 Å². The minimum absolute atomic E-state index is 0.0223. The van der Waals surface area contributed by atoms with Crippen LogP contribution in [0.5, 0.6) is 0 Å². The van der Waals surface area contributed by atoms with Crippen LogP contribution in [0, 0.1) is 5.82 Å². The number of carbonyl (C=O) groups excluding carboxylic acids is 2. The van der Waals surface area contributed by atoms with Crippen molar-refractivity contribution in [2.45, 2.75) is 23.5 Å². The lowest BCUT2D eigenvalue weighted by atomic mass is 10.2. The second-order valence-corrected chi connectivity index (χ2v) is 8.88. The number of nitrogens with zero attached hydrogens (tertiary/aromatic N) is 2. The molecule has 2 aromatic carbocycles. The Balaban J connectivity index is 1.74. The van der Waals surface area contributed by atoms with Crippen LogP contribution in [-0.4, -0.2) is 42.1 Å². The summed E-state index contributed by atoms with van der Waals surface area (Å²) in [4.78, 5) is 26.1. The molecule has 0 aliphatic carbocycles. The van der Waals surface area contributed by atoms with Crippen LogP contribution in [0.3, 0.4) is 0 Å². The van der Waals surface area contributed by atoms with Gasteiger partial charge in [0.1, 0.15) is 11.1 Å². The Kier molecular flexibility index (Phi) is 6.33. The molecular weight excluding hydrogens is 417 g/mol. The molecule has 0 spiro atoms. The minimum Gasteiger partial charge on any atom is -0.326 e.